The molecule has 1 aromatic carbocycles. The topological polar surface area (TPSA) is 82.2 Å². The number of nitrogens with zero attached hydrogens (tertiary/aromatic N) is 2. The number of methoxy groups -OCH3 is 1. The monoisotopic (exact) mass is 308 g/mol. The van der Waals surface area contributed by atoms with E-state index < -0.39 is 5.97 Å². The number of esters is 1. The highest BCUT2D eigenvalue weighted by Gasteiger charge is 2.12. The first-order valence-electron chi connectivity index (χ1n) is 6.47. The number of hydrogen-bond donors (Lipinski definition) is 2. The molecule has 0 aliphatic rings. The third kappa shape index (κ3) is 3.28. The second kappa shape index (κ2) is 6.49. The molecule has 0 spiro atoms. The van der Waals surface area contributed by atoms with Crippen LogP contribution < -0.4 is 11.1 Å². The van der Waals surface area contributed by atoms with Gasteiger partial charge >= 0.3 is 5.97 Å². The number of hydrogen-bond acceptors (Lipinski definition) is 5. The molecule has 0 atom stereocenters. The Morgan fingerprint density at radius 1 is 1.52 bits per heavy atom. The Kier molecular flexibility index (Phi) is 4.70. The summed E-state index contributed by atoms with van der Waals surface area (Å²) in [4.78, 5) is 15.7. The summed E-state index contributed by atoms with van der Waals surface area (Å²) in [6, 6.07) is 3.11. The van der Waals surface area contributed by atoms with E-state index in [-0.39, 0.29) is 0 Å². The number of nitrogens with two attached hydrogens (primary N) is 1. The van der Waals surface area contributed by atoms with Crippen molar-refractivity contribution in [1.29, 1.82) is 0 Å². The largest absolute Gasteiger partial charge is 0.465 e. The molecule has 0 fully saturated rings. The lowest BCUT2D eigenvalue weighted by atomic mass is 10.1. The molecule has 112 valence electrons. The molecule has 2 rings (SSSR count). The van der Waals surface area contributed by atoms with Crippen molar-refractivity contribution in [3.8, 4) is 0 Å². The summed E-state index contributed by atoms with van der Waals surface area (Å²) in [6.07, 6.45) is 3.54. The minimum atomic E-state index is -0.460. The first-order chi connectivity index (χ1) is 10.1. The molecule has 21 heavy (non-hydrogen) atoms. The average molecular weight is 309 g/mol. The number of halogens is 1. The molecule has 1 aromatic heterocycles. The number of ether oxygens (including phenoxy) is 1. The summed E-state index contributed by atoms with van der Waals surface area (Å²) in [5.74, 6) is -0.460. The average Bonchev–Trinajstić information content (AvgIpc) is 2.95. The number of nitrogens with one attached hydrogen (secondary N) is 1. The molecular formula is C14H17ClN4O2. The number of aromatic nitrogens is 2. The fraction of sp³-hybridized carbons (Fsp3) is 0.286. The molecule has 0 aliphatic carbocycles. The molecule has 0 radical (unpaired) electrons. The van der Waals surface area contributed by atoms with Gasteiger partial charge in [0, 0.05) is 12.7 Å². The molecule has 0 saturated heterocycles. The maximum absolute atomic E-state index is 11.6. The van der Waals surface area contributed by atoms with Crippen molar-refractivity contribution in [3.63, 3.8) is 0 Å². The van der Waals surface area contributed by atoms with Crippen LogP contribution in [0.2, 0.25) is 5.02 Å². The number of anilines is 2. The van der Waals surface area contributed by atoms with Gasteiger partial charge in [-0.3, -0.25) is 0 Å². The lowest BCUT2D eigenvalue weighted by Gasteiger charge is -2.13. The first kappa shape index (κ1) is 15.2. The fourth-order valence-electron chi connectivity index (χ4n) is 1.97. The molecule has 0 amide bonds. The second-order valence-corrected chi connectivity index (χ2v) is 4.84. The van der Waals surface area contributed by atoms with Gasteiger partial charge in [-0.1, -0.05) is 11.6 Å². The summed E-state index contributed by atoms with van der Waals surface area (Å²) in [5.41, 5.74) is 8.28. The van der Waals surface area contributed by atoms with E-state index in [0.29, 0.717) is 28.5 Å². The van der Waals surface area contributed by atoms with Crippen molar-refractivity contribution < 1.29 is 9.53 Å². The van der Waals surface area contributed by atoms with Gasteiger partial charge in [-0.05, 0) is 19.1 Å². The van der Waals surface area contributed by atoms with Crippen LogP contribution in [-0.4, -0.2) is 22.6 Å². The molecule has 6 nitrogen and oxygen atoms in total. The predicted octanol–water partition coefficient (Wildman–Crippen LogP) is 2.54. The Balaban J connectivity index is 2.23. The van der Waals surface area contributed by atoms with Crippen LogP contribution in [0.3, 0.4) is 0 Å². The van der Waals surface area contributed by atoms with Gasteiger partial charge in [-0.15, -0.1) is 0 Å². The van der Waals surface area contributed by atoms with Crippen molar-refractivity contribution in [2.75, 3.05) is 18.2 Å². The van der Waals surface area contributed by atoms with Crippen LogP contribution in [0.5, 0.6) is 0 Å². The molecule has 2 aromatic rings. The number of carbonyl (C=O) groups excluding carboxylic acids is 1. The van der Waals surface area contributed by atoms with Crippen molar-refractivity contribution >= 4 is 28.9 Å². The zero-order chi connectivity index (χ0) is 15.4. The Hall–Kier alpha value is -2.21. The van der Waals surface area contributed by atoms with E-state index in [9.17, 15) is 4.79 Å². The highest BCUT2D eigenvalue weighted by Crippen LogP contribution is 2.30. The van der Waals surface area contributed by atoms with Crippen molar-refractivity contribution in [1.82, 2.24) is 9.55 Å². The van der Waals surface area contributed by atoms with Crippen molar-refractivity contribution in [3.05, 3.63) is 40.9 Å². The van der Waals surface area contributed by atoms with E-state index in [2.05, 4.69) is 10.3 Å². The van der Waals surface area contributed by atoms with Gasteiger partial charge in [0.2, 0.25) is 0 Å². The van der Waals surface area contributed by atoms with E-state index in [1.165, 1.54) is 13.2 Å². The van der Waals surface area contributed by atoms with Gasteiger partial charge in [0.05, 0.1) is 47.6 Å². The maximum Gasteiger partial charge on any atom is 0.337 e. The van der Waals surface area contributed by atoms with E-state index in [4.69, 9.17) is 22.1 Å². The van der Waals surface area contributed by atoms with Crippen LogP contribution in [0, 0.1) is 0 Å². The quantitative estimate of drug-likeness (QED) is 0.655. The Morgan fingerprint density at radius 2 is 2.29 bits per heavy atom. The first-order valence-corrected chi connectivity index (χ1v) is 6.84. The molecule has 0 bridgehead atoms. The van der Waals surface area contributed by atoms with Gasteiger partial charge in [0.25, 0.3) is 0 Å². The summed E-state index contributed by atoms with van der Waals surface area (Å²) in [7, 11) is 1.32. The van der Waals surface area contributed by atoms with Crippen LogP contribution in [0.15, 0.2) is 24.7 Å². The number of benzene rings is 1. The third-order valence-corrected chi connectivity index (χ3v) is 3.46. The van der Waals surface area contributed by atoms with Crippen molar-refractivity contribution in [2.45, 2.75) is 20.0 Å². The SMILES string of the molecule is CCn1cncc1CNc1cc(C(=O)OC)cc(Cl)c1N. The van der Waals surface area contributed by atoms with Gasteiger partial charge < -0.3 is 20.4 Å². The predicted molar refractivity (Wildman–Crippen MR) is 82.4 cm³/mol. The molecule has 0 saturated carbocycles. The molecule has 1 heterocycles. The molecular weight excluding hydrogens is 292 g/mol. The fourth-order valence-corrected chi connectivity index (χ4v) is 2.19. The number of rotatable bonds is 5. The minimum Gasteiger partial charge on any atom is -0.465 e. The van der Waals surface area contributed by atoms with E-state index in [1.807, 2.05) is 11.5 Å². The lowest BCUT2D eigenvalue weighted by Crippen LogP contribution is -2.09. The van der Waals surface area contributed by atoms with Gasteiger partial charge in [0.1, 0.15) is 0 Å². The highest BCUT2D eigenvalue weighted by atomic mass is 35.5. The molecule has 3 N–H and O–H groups in total. The normalized spacial score (nSPS) is 10.4. The highest BCUT2D eigenvalue weighted by molar-refractivity contribution is 6.34. The molecule has 7 heteroatoms. The third-order valence-electron chi connectivity index (χ3n) is 3.15. The zero-order valence-electron chi connectivity index (χ0n) is 11.9. The summed E-state index contributed by atoms with van der Waals surface area (Å²) in [6.45, 7) is 3.39. The van der Waals surface area contributed by atoms with Crippen LogP contribution in [0.4, 0.5) is 11.4 Å². The Bertz CT molecular complexity index is 654. The smallest absolute Gasteiger partial charge is 0.337 e. The van der Waals surface area contributed by atoms with Gasteiger partial charge in [0.15, 0.2) is 0 Å². The molecule has 0 unspecified atom stereocenters. The second-order valence-electron chi connectivity index (χ2n) is 4.44. The number of aryl methyl sites for hydroxylation is 1. The van der Waals surface area contributed by atoms with E-state index in [0.717, 1.165) is 12.2 Å². The number of carbonyl (C=O) groups is 1. The Labute approximate surface area is 127 Å². The van der Waals surface area contributed by atoms with Crippen molar-refractivity contribution in [2.24, 2.45) is 0 Å². The van der Waals surface area contributed by atoms with Crippen LogP contribution >= 0.6 is 11.6 Å². The molecule has 0 aliphatic heterocycles. The number of imidazole rings is 1. The Morgan fingerprint density at radius 3 is 2.95 bits per heavy atom. The van der Waals surface area contributed by atoms with Gasteiger partial charge in [-0.25, -0.2) is 9.78 Å². The summed E-state index contributed by atoms with van der Waals surface area (Å²) in [5, 5.41) is 3.48. The maximum atomic E-state index is 11.6. The van der Waals surface area contributed by atoms with Crippen LogP contribution in [0.1, 0.15) is 23.0 Å². The number of nitrogen functional groups attached to an aromatic ring is 1. The standard InChI is InChI=1S/C14H17ClN4O2/c1-3-19-8-17-6-10(19)7-18-12-5-9(14(20)21-2)4-11(15)13(12)16/h4-6,8,18H,3,7,16H2,1-2H3. The lowest BCUT2D eigenvalue weighted by molar-refractivity contribution is 0.0601. The summed E-state index contributed by atoms with van der Waals surface area (Å²) >= 11 is 6.05. The summed E-state index contributed by atoms with van der Waals surface area (Å²) < 4.78 is 6.70. The minimum absolute atomic E-state index is 0.310. The van der Waals surface area contributed by atoms with E-state index >= 15 is 0 Å². The van der Waals surface area contributed by atoms with Gasteiger partial charge in [-0.2, -0.15) is 0 Å². The van der Waals surface area contributed by atoms with Crippen LogP contribution in [0.25, 0.3) is 0 Å². The zero-order valence-corrected chi connectivity index (χ0v) is 12.6. The van der Waals surface area contributed by atoms with Crippen LogP contribution in [-0.2, 0) is 17.8 Å². The van der Waals surface area contributed by atoms with E-state index in [1.54, 1.807) is 18.6 Å².